The lowest BCUT2D eigenvalue weighted by Crippen LogP contribution is -2.32. The zero-order chi connectivity index (χ0) is 18.7. The van der Waals surface area contributed by atoms with Crippen LogP contribution in [0.3, 0.4) is 0 Å². The molecule has 1 fully saturated rings. The summed E-state index contributed by atoms with van der Waals surface area (Å²) in [6.07, 6.45) is 5.23. The number of nitrogens with one attached hydrogen (secondary N) is 2. The third-order valence-electron chi connectivity index (χ3n) is 4.77. The van der Waals surface area contributed by atoms with Gasteiger partial charge in [0.15, 0.2) is 0 Å². The highest BCUT2D eigenvalue weighted by atomic mass is 35.5. The minimum absolute atomic E-state index is 0.0838. The number of nitrogens with zero attached hydrogens (tertiary/aromatic N) is 1. The molecular weight excluding hydrogens is 353 g/mol. The predicted molar refractivity (Wildman–Crippen MR) is 103 cm³/mol. The van der Waals surface area contributed by atoms with Crippen LogP contribution in [-0.2, 0) is 0 Å². The highest BCUT2D eigenvalue weighted by Gasteiger charge is 2.20. The van der Waals surface area contributed by atoms with Gasteiger partial charge < -0.3 is 10.6 Å². The van der Waals surface area contributed by atoms with Crippen LogP contribution in [0.25, 0.3) is 0 Å². The van der Waals surface area contributed by atoms with Crippen LogP contribution in [0.5, 0.6) is 0 Å². The number of rotatable bonds is 6. The van der Waals surface area contributed by atoms with Gasteiger partial charge in [-0.15, -0.1) is 0 Å². The Balaban J connectivity index is 1.78. The van der Waals surface area contributed by atoms with Crippen LogP contribution >= 0.6 is 11.6 Å². The van der Waals surface area contributed by atoms with E-state index in [1.807, 2.05) is 19.9 Å². The van der Waals surface area contributed by atoms with Gasteiger partial charge in [-0.3, -0.25) is 4.79 Å². The number of benzene rings is 1. The molecule has 138 valence electrons. The molecule has 1 saturated carbocycles. The number of amides is 1. The van der Waals surface area contributed by atoms with Gasteiger partial charge in [0.1, 0.15) is 11.6 Å². The summed E-state index contributed by atoms with van der Waals surface area (Å²) in [5.41, 5.74) is 2.07. The zero-order valence-corrected chi connectivity index (χ0v) is 15.7. The molecule has 2 aromatic rings. The van der Waals surface area contributed by atoms with Crippen molar-refractivity contribution in [3.05, 3.63) is 52.4 Å². The van der Waals surface area contributed by atoms with Crippen molar-refractivity contribution >= 4 is 29.0 Å². The summed E-state index contributed by atoms with van der Waals surface area (Å²) in [6, 6.07) is 5.99. The Morgan fingerprint density at radius 1 is 1.35 bits per heavy atom. The number of carbonyl (C=O) groups excluding carboxylic acids is 1. The van der Waals surface area contributed by atoms with Crippen LogP contribution < -0.4 is 10.6 Å². The van der Waals surface area contributed by atoms with E-state index in [2.05, 4.69) is 15.6 Å². The van der Waals surface area contributed by atoms with Crippen molar-refractivity contribution in [2.24, 2.45) is 5.92 Å². The highest BCUT2D eigenvalue weighted by molar-refractivity contribution is 6.33. The van der Waals surface area contributed by atoms with Crippen molar-refractivity contribution in [2.75, 3.05) is 11.9 Å². The van der Waals surface area contributed by atoms with Gasteiger partial charge >= 0.3 is 0 Å². The van der Waals surface area contributed by atoms with Gasteiger partial charge in [0.2, 0.25) is 0 Å². The normalized spacial score (nSPS) is 14.2. The first-order chi connectivity index (χ1) is 12.4. The Morgan fingerprint density at radius 3 is 2.73 bits per heavy atom. The molecule has 6 heteroatoms. The Morgan fingerprint density at radius 2 is 2.12 bits per heavy atom. The predicted octanol–water partition coefficient (Wildman–Crippen LogP) is 5.27. The van der Waals surface area contributed by atoms with Crippen molar-refractivity contribution in [2.45, 2.75) is 39.0 Å². The summed E-state index contributed by atoms with van der Waals surface area (Å²) in [5, 5.41) is 6.38. The fourth-order valence-corrected chi connectivity index (χ4v) is 3.18. The first-order valence-corrected chi connectivity index (χ1v) is 9.32. The van der Waals surface area contributed by atoms with Crippen LogP contribution in [0.4, 0.5) is 15.9 Å². The number of hydrogen-bond acceptors (Lipinski definition) is 3. The van der Waals surface area contributed by atoms with Crippen molar-refractivity contribution in [1.82, 2.24) is 10.3 Å². The third kappa shape index (κ3) is 4.33. The maximum atomic E-state index is 13.2. The van der Waals surface area contributed by atoms with E-state index in [4.69, 9.17) is 11.6 Å². The molecule has 0 unspecified atom stereocenters. The number of aromatic nitrogens is 1. The number of anilines is 2. The fourth-order valence-electron chi connectivity index (χ4n) is 2.96. The molecule has 1 amide bonds. The molecule has 26 heavy (non-hydrogen) atoms. The van der Waals surface area contributed by atoms with E-state index in [0.717, 1.165) is 12.1 Å². The number of pyridine rings is 1. The van der Waals surface area contributed by atoms with Crippen LogP contribution in [0.2, 0.25) is 5.02 Å². The lowest BCUT2D eigenvalue weighted by atomic mass is 9.85. The Kier molecular flexibility index (Phi) is 5.77. The van der Waals surface area contributed by atoms with Crippen LogP contribution in [0.1, 0.15) is 54.9 Å². The monoisotopic (exact) mass is 375 g/mol. The second-order valence-corrected chi connectivity index (χ2v) is 7.47. The lowest BCUT2D eigenvalue weighted by Gasteiger charge is -2.25. The fraction of sp³-hybridized carbons (Fsp3) is 0.400. The van der Waals surface area contributed by atoms with Gasteiger partial charge in [-0.05, 0) is 54.5 Å². The highest BCUT2D eigenvalue weighted by Crippen LogP contribution is 2.28. The van der Waals surface area contributed by atoms with E-state index in [1.165, 1.54) is 31.4 Å². The van der Waals surface area contributed by atoms with Crippen molar-refractivity contribution in [1.29, 1.82) is 0 Å². The molecule has 0 bridgehead atoms. The van der Waals surface area contributed by atoms with Crippen LogP contribution in [0, 0.1) is 11.7 Å². The summed E-state index contributed by atoms with van der Waals surface area (Å²) < 4.78 is 13.2. The minimum Gasteiger partial charge on any atom is -0.352 e. The lowest BCUT2D eigenvalue weighted by molar-refractivity contribution is 0.0937. The molecular formula is C20H23ClFN3O. The quantitative estimate of drug-likeness (QED) is 0.723. The van der Waals surface area contributed by atoms with Gasteiger partial charge in [-0.25, -0.2) is 9.37 Å². The molecule has 4 nitrogen and oxygen atoms in total. The topological polar surface area (TPSA) is 54.0 Å². The molecule has 1 aromatic carbocycles. The maximum absolute atomic E-state index is 13.2. The third-order valence-corrected chi connectivity index (χ3v) is 5.09. The first kappa shape index (κ1) is 18.6. The molecule has 0 spiro atoms. The summed E-state index contributed by atoms with van der Waals surface area (Å²) in [6.45, 7) is 4.79. The van der Waals surface area contributed by atoms with Crippen LogP contribution in [-0.4, -0.2) is 17.4 Å². The van der Waals surface area contributed by atoms with E-state index in [1.54, 1.807) is 12.3 Å². The minimum atomic E-state index is -0.394. The second-order valence-electron chi connectivity index (χ2n) is 7.07. The Labute approximate surface area is 158 Å². The van der Waals surface area contributed by atoms with Gasteiger partial charge in [0.25, 0.3) is 5.91 Å². The molecule has 0 saturated heterocycles. The smallest absolute Gasteiger partial charge is 0.253 e. The molecule has 1 aliphatic rings. The number of halogens is 2. The van der Waals surface area contributed by atoms with Gasteiger partial charge in [-0.1, -0.05) is 31.9 Å². The Hall–Kier alpha value is -2.14. The summed E-state index contributed by atoms with van der Waals surface area (Å²) in [4.78, 5) is 16.9. The summed E-state index contributed by atoms with van der Waals surface area (Å²) >= 11 is 6.06. The molecule has 0 atom stereocenters. The molecule has 0 aliphatic heterocycles. The van der Waals surface area contributed by atoms with Crippen LogP contribution in [0.15, 0.2) is 30.5 Å². The van der Waals surface area contributed by atoms with E-state index < -0.39 is 5.82 Å². The molecule has 1 aromatic heterocycles. The standard InChI is InChI=1S/C20H23ClFN3O/c1-12(2)15-9-19(25-18-7-6-14(22)8-17(18)21)23-11-16(15)20(26)24-10-13-4-3-5-13/h6-9,11-13H,3-5,10H2,1-2H3,(H,23,25)(H,24,26). The molecule has 1 heterocycles. The molecule has 0 radical (unpaired) electrons. The largest absolute Gasteiger partial charge is 0.352 e. The SMILES string of the molecule is CC(C)c1cc(Nc2ccc(F)cc2Cl)ncc1C(=O)NCC1CCC1. The van der Waals surface area contributed by atoms with Crippen molar-refractivity contribution in [3.8, 4) is 0 Å². The summed E-state index contributed by atoms with van der Waals surface area (Å²) in [5.74, 6) is 0.856. The summed E-state index contributed by atoms with van der Waals surface area (Å²) in [7, 11) is 0. The second kappa shape index (κ2) is 8.04. The molecule has 1 aliphatic carbocycles. The zero-order valence-electron chi connectivity index (χ0n) is 15.0. The van der Waals surface area contributed by atoms with Crippen molar-refractivity contribution in [3.63, 3.8) is 0 Å². The average molecular weight is 376 g/mol. The number of hydrogen-bond donors (Lipinski definition) is 2. The molecule has 3 rings (SSSR count). The van der Waals surface area contributed by atoms with Crippen molar-refractivity contribution < 1.29 is 9.18 Å². The number of carbonyl (C=O) groups is 1. The van der Waals surface area contributed by atoms with E-state index in [0.29, 0.717) is 23.0 Å². The van der Waals surface area contributed by atoms with E-state index in [9.17, 15) is 9.18 Å². The van der Waals surface area contributed by atoms with Gasteiger partial charge in [0.05, 0.1) is 16.3 Å². The van der Waals surface area contributed by atoms with Gasteiger partial charge in [-0.2, -0.15) is 0 Å². The van der Waals surface area contributed by atoms with Gasteiger partial charge in [0, 0.05) is 12.7 Å². The average Bonchev–Trinajstić information content (AvgIpc) is 2.55. The van der Waals surface area contributed by atoms with E-state index >= 15 is 0 Å². The van der Waals surface area contributed by atoms with E-state index in [-0.39, 0.29) is 16.8 Å². The molecule has 2 N–H and O–H groups in total. The maximum Gasteiger partial charge on any atom is 0.253 e. The first-order valence-electron chi connectivity index (χ1n) is 8.94. The Bertz CT molecular complexity index is 806.